The van der Waals surface area contributed by atoms with Crippen LogP contribution < -0.4 is 14.4 Å². The summed E-state index contributed by atoms with van der Waals surface area (Å²) in [5.41, 5.74) is 0.213. The van der Waals surface area contributed by atoms with Crippen LogP contribution in [0.25, 0.3) is 0 Å². The number of carboxylic acids is 1. The van der Waals surface area contributed by atoms with Gasteiger partial charge in [0.05, 0.1) is 29.6 Å². The van der Waals surface area contributed by atoms with Gasteiger partial charge in [-0.2, -0.15) is 0 Å². The Morgan fingerprint density at radius 3 is 2.38 bits per heavy atom. The first-order valence-electron chi connectivity index (χ1n) is 10.0. The summed E-state index contributed by atoms with van der Waals surface area (Å²) in [6.07, 6.45) is -0.898. The maximum atomic E-state index is 13.1. The van der Waals surface area contributed by atoms with Crippen LogP contribution in [0.3, 0.4) is 0 Å². The summed E-state index contributed by atoms with van der Waals surface area (Å²) in [6, 6.07) is 11.9. The van der Waals surface area contributed by atoms with E-state index in [1.807, 2.05) is 0 Å². The molecule has 9 nitrogen and oxygen atoms in total. The molecule has 0 saturated heterocycles. The van der Waals surface area contributed by atoms with Gasteiger partial charge in [0.2, 0.25) is 0 Å². The highest BCUT2D eigenvalue weighted by Gasteiger charge is 2.43. The molecule has 0 aromatic heterocycles. The highest BCUT2D eigenvalue weighted by atomic mass is 32.2. The van der Waals surface area contributed by atoms with Gasteiger partial charge in [-0.15, -0.1) is 0 Å². The van der Waals surface area contributed by atoms with E-state index < -0.39 is 33.7 Å². The molecular formula is C22H26N2O7S. The topological polar surface area (TPSA) is 122 Å². The van der Waals surface area contributed by atoms with Gasteiger partial charge >= 0.3 is 12.1 Å². The van der Waals surface area contributed by atoms with Crippen LogP contribution in [0.5, 0.6) is 5.75 Å². The molecule has 0 saturated carbocycles. The second kappa shape index (κ2) is 9.07. The van der Waals surface area contributed by atoms with Crippen LogP contribution in [0.2, 0.25) is 0 Å². The fourth-order valence-electron chi connectivity index (χ4n) is 3.39. The molecule has 0 aliphatic carbocycles. The van der Waals surface area contributed by atoms with Crippen LogP contribution in [0.15, 0.2) is 53.4 Å². The van der Waals surface area contributed by atoms with Gasteiger partial charge in [0.1, 0.15) is 18.0 Å². The number of nitrogens with zero attached hydrogens (tertiary/aromatic N) is 1. The number of hydrogen-bond acceptors (Lipinski definition) is 6. The van der Waals surface area contributed by atoms with E-state index in [1.165, 1.54) is 6.07 Å². The predicted molar refractivity (Wildman–Crippen MR) is 117 cm³/mol. The maximum Gasteiger partial charge on any atom is 0.407 e. The Kier molecular flexibility index (Phi) is 6.63. The predicted octanol–water partition coefficient (Wildman–Crippen LogP) is 3.31. The molecular weight excluding hydrogens is 436 g/mol. The third-order valence-electron chi connectivity index (χ3n) is 4.60. The number of aliphatic carboxylic acids is 1. The lowest BCUT2D eigenvalue weighted by Crippen LogP contribution is -2.34. The highest BCUT2D eigenvalue weighted by molar-refractivity contribution is 7.93. The van der Waals surface area contributed by atoms with E-state index in [-0.39, 0.29) is 24.5 Å². The number of carboxylic acid groups (broad SMARTS) is 1. The van der Waals surface area contributed by atoms with Gasteiger partial charge in [-0.3, -0.25) is 9.10 Å². The minimum atomic E-state index is -3.88. The van der Waals surface area contributed by atoms with Gasteiger partial charge in [0.15, 0.2) is 0 Å². The monoisotopic (exact) mass is 462 g/mol. The first-order valence-corrected chi connectivity index (χ1v) is 11.5. The lowest BCUT2D eigenvalue weighted by Gasteiger charge is -2.24. The minimum absolute atomic E-state index is 0.111. The van der Waals surface area contributed by atoms with Crippen molar-refractivity contribution in [1.29, 1.82) is 0 Å². The number of ether oxygens (including phenoxy) is 2. The summed E-state index contributed by atoms with van der Waals surface area (Å²) in [5.74, 6) is -0.618. The number of hydrogen-bond donors (Lipinski definition) is 2. The average Bonchev–Trinajstić information content (AvgIpc) is 2.91. The lowest BCUT2D eigenvalue weighted by atomic mass is 10.0. The molecule has 2 aromatic carbocycles. The molecule has 172 valence electrons. The first-order chi connectivity index (χ1) is 15.0. The van der Waals surface area contributed by atoms with Crippen molar-refractivity contribution in [2.24, 2.45) is 0 Å². The van der Waals surface area contributed by atoms with Gasteiger partial charge in [-0.1, -0.05) is 18.2 Å². The van der Waals surface area contributed by atoms with E-state index in [4.69, 9.17) is 9.47 Å². The van der Waals surface area contributed by atoms with Crippen LogP contribution in [-0.2, 0) is 19.6 Å². The third-order valence-corrected chi connectivity index (χ3v) is 6.51. The fraction of sp³-hybridized carbons (Fsp3) is 0.364. The van der Waals surface area contributed by atoms with Crippen molar-refractivity contribution in [3.05, 3.63) is 54.1 Å². The zero-order chi connectivity index (χ0) is 23.5. The fourth-order valence-corrected chi connectivity index (χ4v) is 5.28. The maximum absolute atomic E-state index is 13.1. The summed E-state index contributed by atoms with van der Waals surface area (Å²) in [4.78, 5) is 23.1. The molecule has 1 unspecified atom stereocenters. The van der Waals surface area contributed by atoms with Crippen molar-refractivity contribution < 1.29 is 32.6 Å². The number of rotatable bonds is 7. The number of fused-ring (bicyclic) bond motifs is 1. The number of amides is 1. The normalized spacial score (nSPS) is 16.8. The smallest absolute Gasteiger partial charge is 0.407 e. The van der Waals surface area contributed by atoms with Crippen LogP contribution in [0.4, 0.5) is 10.5 Å². The standard InChI is InChI=1S/C22H26N2O7S/c1-22(2,3)31-21(27)23-12-13-30-16-10-8-15(9-11-16)24-18(14-20(25)26)17-6-4-5-7-19(17)32(24,28)29/h4-11,18H,12-14H2,1-3H3,(H,23,27)(H,25,26). The Hall–Kier alpha value is -3.27. The van der Waals surface area contributed by atoms with Crippen LogP contribution >= 0.6 is 0 Å². The Balaban J connectivity index is 1.68. The number of alkyl carbamates (subject to hydrolysis) is 1. The van der Waals surface area contributed by atoms with Crippen molar-refractivity contribution in [2.45, 2.75) is 43.7 Å². The molecule has 32 heavy (non-hydrogen) atoms. The Labute approximate surface area is 187 Å². The molecule has 1 amide bonds. The van der Waals surface area contributed by atoms with E-state index in [2.05, 4.69) is 5.32 Å². The van der Waals surface area contributed by atoms with Crippen LogP contribution in [0.1, 0.15) is 38.8 Å². The molecule has 0 spiro atoms. The molecule has 10 heteroatoms. The number of carbonyl (C=O) groups excluding carboxylic acids is 1. The molecule has 1 atom stereocenters. The van der Waals surface area contributed by atoms with Crippen molar-refractivity contribution >= 4 is 27.8 Å². The van der Waals surface area contributed by atoms with Crippen molar-refractivity contribution in [2.75, 3.05) is 17.5 Å². The van der Waals surface area contributed by atoms with E-state index in [0.717, 1.165) is 4.31 Å². The van der Waals surface area contributed by atoms with Gasteiger partial charge in [-0.25, -0.2) is 13.2 Å². The van der Waals surface area contributed by atoms with Crippen molar-refractivity contribution in [3.8, 4) is 5.75 Å². The quantitative estimate of drug-likeness (QED) is 0.605. The van der Waals surface area contributed by atoms with E-state index >= 15 is 0 Å². The molecule has 2 aromatic rings. The Morgan fingerprint density at radius 2 is 1.75 bits per heavy atom. The highest BCUT2D eigenvalue weighted by Crippen LogP contribution is 2.44. The first kappa shape index (κ1) is 23.4. The van der Waals surface area contributed by atoms with E-state index in [0.29, 0.717) is 17.0 Å². The number of benzene rings is 2. The van der Waals surface area contributed by atoms with Crippen LogP contribution in [0, 0.1) is 0 Å². The molecule has 0 bridgehead atoms. The zero-order valence-electron chi connectivity index (χ0n) is 18.1. The van der Waals surface area contributed by atoms with Gasteiger partial charge in [0, 0.05) is 0 Å². The number of anilines is 1. The van der Waals surface area contributed by atoms with Gasteiger partial charge in [-0.05, 0) is 56.7 Å². The Bertz CT molecular complexity index is 1090. The number of nitrogens with one attached hydrogen (secondary N) is 1. The molecule has 1 aliphatic heterocycles. The number of sulfonamides is 1. The van der Waals surface area contributed by atoms with Crippen molar-refractivity contribution in [1.82, 2.24) is 5.32 Å². The largest absolute Gasteiger partial charge is 0.492 e. The second-order valence-corrected chi connectivity index (χ2v) is 10.0. The molecule has 3 rings (SSSR count). The summed E-state index contributed by atoms with van der Waals surface area (Å²) < 4.78 is 38.0. The van der Waals surface area contributed by atoms with Gasteiger partial charge < -0.3 is 19.9 Å². The summed E-state index contributed by atoms with van der Waals surface area (Å²) in [7, 11) is -3.88. The zero-order valence-corrected chi connectivity index (χ0v) is 18.9. The summed E-state index contributed by atoms with van der Waals surface area (Å²) >= 11 is 0. The minimum Gasteiger partial charge on any atom is -0.492 e. The third kappa shape index (κ3) is 5.31. The van der Waals surface area contributed by atoms with Crippen molar-refractivity contribution in [3.63, 3.8) is 0 Å². The summed E-state index contributed by atoms with van der Waals surface area (Å²) in [5, 5.41) is 11.9. The van der Waals surface area contributed by atoms with Crippen LogP contribution in [-0.4, -0.2) is 44.3 Å². The number of carbonyl (C=O) groups is 2. The lowest BCUT2D eigenvalue weighted by molar-refractivity contribution is -0.137. The summed E-state index contributed by atoms with van der Waals surface area (Å²) in [6.45, 7) is 5.72. The average molecular weight is 463 g/mol. The van der Waals surface area contributed by atoms with E-state index in [9.17, 15) is 23.1 Å². The molecule has 2 N–H and O–H groups in total. The second-order valence-electron chi connectivity index (χ2n) is 8.22. The molecule has 1 heterocycles. The Morgan fingerprint density at radius 1 is 1.09 bits per heavy atom. The molecule has 0 radical (unpaired) electrons. The SMILES string of the molecule is CC(C)(C)OC(=O)NCCOc1ccc(N2C(CC(=O)O)c3ccccc3S2(=O)=O)cc1. The molecule has 1 aliphatic rings. The van der Waals surface area contributed by atoms with E-state index in [1.54, 1.807) is 63.2 Å². The molecule has 0 fully saturated rings. The van der Waals surface area contributed by atoms with Gasteiger partial charge in [0.25, 0.3) is 10.0 Å².